The summed E-state index contributed by atoms with van der Waals surface area (Å²) in [6, 6.07) is 1.19. The van der Waals surface area contributed by atoms with Crippen LogP contribution in [0.5, 0.6) is 0 Å². The van der Waals surface area contributed by atoms with Gasteiger partial charge in [0.1, 0.15) is 0 Å². The van der Waals surface area contributed by atoms with E-state index in [-0.39, 0.29) is 27.9 Å². The molecular formula is C11H20N4O2S. The van der Waals surface area contributed by atoms with Gasteiger partial charge in [-0.15, -0.1) is 0 Å². The van der Waals surface area contributed by atoms with Crippen LogP contribution in [0.4, 0.5) is 0 Å². The zero-order chi connectivity index (χ0) is 13.8. The first kappa shape index (κ1) is 13.5. The molecule has 6 nitrogen and oxygen atoms in total. The molecule has 1 heterocycles. The Kier molecular flexibility index (Phi) is 2.84. The molecule has 0 bridgehead atoms. The van der Waals surface area contributed by atoms with Gasteiger partial charge >= 0.3 is 0 Å². The molecule has 0 aliphatic heterocycles. The van der Waals surface area contributed by atoms with E-state index in [9.17, 15) is 8.42 Å². The fourth-order valence-electron chi connectivity index (χ4n) is 3.10. The average Bonchev–Trinajstić information content (AvgIpc) is 2.78. The third-order valence-corrected chi connectivity index (χ3v) is 5.48. The van der Waals surface area contributed by atoms with Gasteiger partial charge in [-0.3, -0.25) is 5.10 Å². The van der Waals surface area contributed by atoms with Crippen molar-refractivity contribution >= 4 is 10.0 Å². The van der Waals surface area contributed by atoms with E-state index in [1.807, 2.05) is 27.7 Å². The second kappa shape index (κ2) is 3.79. The highest BCUT2D eigenvalue weighted by Gasteiger charge is 2.61. The van der Waals surface area contributed by atoms with Gasteiger partial charge in [0.05, 0.1) is 6.20 Å². The first-order valence-corrected chi connectivity index (χ1v) is 7.36. The number of nitrogens with one attached hydrogen (secondary N) is 2. The van der Waals surface area contributed by atoms with Crippen molar-refractivity contribution in [3.8, 4) is 0 Å². The van der Waals surface area contributed by atoms with Crippen molar-refractivity contribution in [2.75, 3.05) is 0 Å². The van der Waals surface area contributed by atoms with E-state index in [1.165, 1.54) is 12.3 Å². The quantitative estimate of drug-likeness (QED) is 0.743. The molecule has 1 aromatic heterocycles. The molecule has 7 heteroatoms. The fraction of sp³-hybridized carbons (Fsp3) is 0.727. The third-order valence-electron chi connectivity index (χ3n) is 4.13. The van der Waals surface area contributed by atoms with Gasteiger partial charge < -0.3 is 5.73 Å². The Morgan fingerprint density at radius 1 is 1.33 bits per heavy atom. The van der Waals surface area contributed by atoms with Gasteiger partial charge in [-0.2, -0.15) is 5.10 Å². The third kappa shape index (κ3) is 1.77. The summed E-state index contributed by atoms with van der Waals surface area (Å²) in [4.78, 5) is 0. The van der Waals surface area contributed by atoms with Crippen LogP contribution < -0.4 is 10.5 Å². The van der Waals surface area contributed by atoms with Crippen LogP contribution in [0.25, 0.3) is 0 Å². The highest BCUT2D eigenvalue weighted by atomic mass is 32.2. The van der Waals surface area contributed by atoms with Crippen LogP contribution >= 0.6 is 0 Å². The summed E-state index contributed by atoms with van der Waals surface area (Å²) in [5.74, 6) is 0. The van der Waals surface area contributed by atoms with E-state index in [4.69, 9.17) is 5.73 Å². The average molecular weight is 272 g/mol. The van der Waals surface area contributed by atoms with Crippen LogP contribution in [0.2, 0.25) is 0 Å². The van der Waals surface area contributed by atoms with Crippen molar-refractivity contribution in [2.24, 2.45) is 16.6 Å². The molecule has 102 valence electrons. The first-order chi connectivity index (χ1) is 8.10. The number of rotatable bonds is 3. The molecule has 4 N–H and O–H groups in total. The first-order valence-electron chi connectivity index (χ1n) is 5.87. The van der Waals surface area contributed by atoms with Crippen molar-refractivity contribution in [3.05, 3.63) is 12.3 Å². The van der Waals surface area contributed by atoms with Crippen LogP contribution in [0.3, 0.4) is 0 Å². The summed E-state index contributed by atoms with van der Waals surface area (Å²) in [5, 5.41) is 6.20. The minimum Gasteiger partial charge on any atom is -0.327 e. The summed E-state index contributed by atoms with van der Waals surface area (Å²) < 4.78 is 27.0. The number of hydrogen-bond acceptors (Lipinski definition) is 4. The topological polar surface area (TPSA) is 101 Å². The van der Waals surface area contributed by atoms with E-state index in [0.717, 1.165) is 0 Å². The monoisotopic (exact) mass is 272 g/mol. The van der Waals surface area contributed by atoms with Gasteiger partial charge in [0.2, 0.25) is 0 Å². The Balaban J connectivity index is 2.26. The number of nitrogens with two attached hydrogens (primary N) is 1. The largest absolute Gasteiger partial charge is 0.327 e. The normalized spacial score (nSPS) is 29.8. The van der Waals surface area contributed by atoms with Gasteiger partial charge in [-0.25, -0.2) is 13.1 Å². The Bertz CT molecular complexity index is 517. The van der Waals surface area contributed by atoms with Crippen molar-refractivity contribution in [1.29, 1.82) is 0 Å². The van der Waals surface area contributed by atoms with E-state index >= 15 is 0 Å². The highest BCUT2D eigenvalue weighted by molar-refractivity contribution is 7.89. The van der Waals surface area contributed by atoms with E-state index in [0.29, 0.717) is 0 Å². The fourth-order valence-corrected chi connectivity index (χ4v) is 4.55. The minimum atomic E-state index is -3.57. The standard InChI is InChI=1S/C11H20N4O2S/c1-10(2)8(12)11(3,4)9(10)15-18(16,17)7-5-6-13-14-7/h5-6,8-9,15H,12H2,1-4H3,(H,13,14). The second-order valence-corrected chi connectivity index (χ2v) is 7.78. The molecule has 2 rings (SSSR count). The van der Waals surface area contributed by atoms with Crippen LogP contribution in [0.15, 0.2) is 17.3 Å². The Labute approximate surface area is 107 Å². The van der Waals surface area contributed by atoms with Gasteiger partial charge in [0, 0.05) is 12.1 Å². The van der Waals surface area contributed by atoms with Crippen LogP contribution in [-0.2, 0) is 10.0 Å². The maximum Gasteiger partial charge on any atom is 0.257 e. The van der Waals surface area contributed by atoms with Gasteiger partial charge in [0.25, 0.3) is 10.0 Å². The molecular weight excluding hydrogens is 252 g/mol. The summed E-state index contributed by atoms with van der Waals surface area (Å²) in [6.45, 7) is 7.90. The number of aromatic nitrogens is 2. The van der Waals surface area contributed by atoms with Crippen LogP contribution in [0.1, 0.15) is 27.7 Å². The molecule has 18 heavy (non-hydrogen) atoms. The molecule has 0 atom stereocenters. The zero-order valence-corrected chi connectivity index (χ0v) is 11.9. The molecule has 0 radical (unpaired) electrons. The zero-order valence-electron chi connectivity index (χ0n) is 11.1. The molecule has 1 aliphatic rings. The Morgan fingerprint density at radius 2 is 1.89 bits per heavy atom. The van der Waals surface area contributed by atoms with Crippen molar-refractivity contribution in [1.82, 2.24) is 14.9 Å². The second-order valence-electron chi connectivity index (χ2n) is 6.10. The minimum absolute atomic E-state index is 0.0422. The highest BCUT2D eigenvalue weighted by Crippen LogP contribution is 2.52. The van der Waals surface area contributed by atoms with Gasteiger partial charge in [-0.05, 0) is 16.9 Å². The van der Waals surface area contributed by atoms with E-state index in [2.05, 4.69) is 14.9 Å². The maximum absolute atomic E-state index is 12.2. The van der Waals surface area contributed by atoms with Crippen molar-refractivity contribution < 1.29 is 8.42 Å². The number of sulfonamides is 1. The van der Waals surface area contributed by atoms with Gasteiger partial charge in [0.15, 0.2) is 5.03 Å². The maximum atomic E-state index is 12.2. The summed E-state index contributed by atoms with van der Waals surface area (Å²) in [5.41, 5.74) is 5.57. The van der Waals surface area contributed by atoms with Gasteiger partial charge in [-0.1, -0.05) is 27.7 Å². The number of hydrogen-bond donors (Lipinski definition) is 3. The smallest absolute Gasteiger partial charge is 0.257 e. The molecule has 0 aromatic carbocycles. The van der Waals surface area contributed by atoms with Crippen molar-refractivity contribution in [2.45, 2.75) is 44.8 Å². The molecule has 1 saturated carbocycles. The number of H-pyrrole nitrogens is 1. The Hall–Kier alpha value is -0.920. The summed E-state index contributed by atoms with van der Waals surface area (Å²) in [7, 11) is -3.57. The van der Waals surface area contributed by atoms with Crippen LogP contribution in [-0.4, -0.2) is 30.7 Å². The van der Waals surface area contributed by atoms with Crippen molar-refractivity contribution in [3.63, 3.8) is 0 Å². The molecule has 0 unspecified atom stereocenters. The van der Waals surface area contributed by atoms with E-state index < -0.39 is 10.0 Å². The lowest BCUT2D eigenvalue weighted by atomic mass is 9.49. The molecule has 1 aromatic rings. The lowest BCUT2D eigenvalue weighted by molar-refractivity contribution is -0.0593. The number of nitrogens with zero attached hydrogens (tertiary/aromatic N) is 1. The molecule has 0 spiro atoms. The lowest BCUT2D eigenvalue weighted by Crippen LogP contribution is -2.75. The molecule has 1 aliphatic carbocycles. The molecule has 0 amide bonds. The SMILES string of the molecule is CC1(C)C(N)C(C)(C)C1NS(=O)(=O)c1ccn[nH]1. The van der Waals surface area contributed by atoms with Crippen LogP contribution in [0, 0.1) is 10.8 Å². The predicted octanol–water partition coefficient (Wildman–Crippen LogP) is 0.450. The number of aromatic amines is 1. The van der Waals surface area contributed by atoms with E-state index in [1.54, 1.807) is 0 Å². The summed E-state index contributed by atoms with van der Waals surface area (Å²) >= 11 is 0. The summed E-state index contributed by atoms with van der Waals surface area (Å²) in [6.07, 6.45) is 1.41. The lowest BCUT2D eigenvalue weighted by Gasteiger charge is -2.62. The molecule has 0 saturated heterocycles. The Morgan fingerprint density at radius 3 is 2.33 bits per heavy atom. The predicted molar refractivity (Wildman–Crippen MR) is 68.2 cm³/mol. The molecule has 1 fully saturated rings.